The number of esters is 1. The molecule has 0 bridgehead atoms. The van der Waals surface area contributed by atoms with Crippen LogP contribution in [-0.2, 0) is 16.1 Å². The Kier molecular flexibility index (Phi) is 4.56. The molecule has 94 valence electrons. The lowest BCUT2D eigenvalue weighted by atomic mass is 10.4. The van der Waals surface area contributed by atoms with Crippen LogP contribution in [0.25, 0.3) is 0 Å². The number of nitrogens with two attached hydrogens (primary N) is 1. The molecule has 1 aromatic heterocycles. The maximum absolute atomic E-state index is 11.6. The van der Waals surface area contributed by atoms with Gasteiger partial charge in [-0.2, -0.15) is 0 Å². The number of carbonyl (C=O) groups excluding carboxylic acids is 1. The van der Waals surface area contributed by atoms with Gasteiger partial charge in [-0.15, -0.1) is 0 Å². The van der Waals surface area contributed by atoms with Crippen molar-refractivity contribution in [3.8, 4) is 0 Å². The van der Waals surface area contributed by atoms with Gasteiger partial charge in [-0.3, -0.25) is 4.79 Å². The van der Waals surface area contributed by atoms with Gasteiger partial charge in [0.05, 0.1) is 12.1 Å². The summed E-state index contributed by atoms with van der Waals surface area (Å²) in [7, 11) is 0. The van der Waals surface area contributed by atoms with Crippen LogP contribution < -0.4 is 5.73 Å². The van der Waals surface area contributed by atoms with Crippen molar-refractivity contribution >= 4 is 17.6 Å². The van der Waals surface area contributed by atoms with Gasteiger partial charge in [0.2, 0.25) is 0 Å². The molecule has 0 spiro atoms. The van der Waals surface area contributed by atoms with Gasteiger partial charge in [0.15, 0.2) is 0 Å². The highest BCUT2D eigenvalue weighted by atomic mass is 16.5. The Labute approximate surface area is 99.0 Å². The lowest BCUT2D eigenvalue weighted by Crippen LogP contribution is -2.14. The van der Waals surface area contributed by atoms with Crippen LogP contribution in [0.1, 0.15) is 30.3 Å². The third-order valence-electron chi connectivity index (χ3n) is 2.14. The number of nitrogen functional groups attached to an aromatic ring is 1. The Morgan fingerprint density at radius 2 is 2.24 bits per heavy atom. The fraction of sp³-hybridized carbons (Fsp3) is 0.455. The van der Waals surface area contributed by atoms with Gasteiger partial charge in [0.1, 0.15) is 12.3 Å². The monoisotopic (exact) mass is 240 g/mol. The Bertz CT molecular complexity index is 412. The van der Waals surface area contributed by atoms with E-state index >= 15 is 0 Å². The summed E-state index contributed by atoms with van der Waals surface area (Å²) in [6.45, 7) is 2.52. The highest BCUT2D eigenvalue weighted by molar-refractivity contribution is 5.89. The Hall–Kier alpha value is -1.98. The molecule has 0 aromatic carbocycles. The van der Waals surface area contributed by atoms with Crippen LogP contribution in [0.4, 0.5) is 5.69 Å². The van der Waals surface area contributed by atoms with E-state index in [1.54, 1.807) is 10.8 Å². The molecule has 0 fully saturated rings. The standard InChI is InChI=1S/C11H16N2O4/c1-2-4-13-7-8(12)6-9(13)11(16)17-5-3-10(14)15/h6-7H,2-5,12H2,1H3,(H,14,15). The molecule has 1 rings (SSSR count). The van der Waals surface area contributed by atoms with Gasteiger partial charge in [-0.25, -0.2) is 4.79 Å². The minimum atomic E-state index is -0.999. The number of anilines is 1. The zero-order valence-electron chi connectivity index (χ0n) is 9.68. The van der Waals surface area contributed by atoms with Gasteiger partial charge in [0, 0.05) is 12.7 Å². The molecule has 0 aliphatic rings. The SMILES string of the molecule is CCCn1cc(N)cc1C(=O)OCCC(=O)O. The van der Waals surface area contributed by atoms with E-state index in [-0.39, 0.29) is 13.0 Å². The van der Waals surface area contributed by atoms with Gasteiger partial charge >= 0.3 is 11.9 Å². The third kappa shape index (κ3) is 3.82. The number of carbonyl (C=O) groups is 2. The predicted molar refractivity (Wildman–Crippen MR) is 61.7 cm³/mol. The van der Waals surface area contributed by atoms with Crippen LogP contribution in [0.2, 0.25) is 0 Å². The summed E-state index contributed by atoms with van der Waals surface area (Å²) in [5.74, 6) is -1.54. The Morgan fingerprint density at radius 1 is 1.53 bits per heavy atom. The lowest BCUT2D eigenvalue weighted by Gasteiger charge is -2.06. The summed E-state index contributed by atoms with van der Waals surface area (Å²) in [4.78, 5) is 21.9. The van der Waals surface area contributed by atoms with Crippen molar-refractivity contribution in [3.63, 3.8) is 0 Å². The first-order valence-corrected chi connectivity index (χ1v) is 5.39. The van der Waals surface area contributed by atoms with Gasteiger partial charge in [-0.05, 0) is 12.5 Å². The molecule has 3 N–H and O–H groups in total. The molecule has 6 heteroatoms. The Morgan fingerprint density at radius 3 is 2.82 bits per heavy atom. The van der Waals surface area contributed by atoms with Crippen molar-refractivity contribution in [3.05, 3.63) is 18.0 Å². The second kappa shape index (κ2) is 5.93. The maximum atomic E-state index is 11.6. The fourth-order valence-electron chi connectivity index (χ4n) is 1.43. The molecule has 1 aromatic rings. The molecule has 0 aliphatic carbocycles. The average molecular weight is 240 g/mol. The largest absolute Gasteiger partial charge is 0.481 e. The minimum Gasteiger partial charge on any atom is -0.481 e. The molecule has 0 radical (unpaired) electrons. The molecule has 0 amide bonds. The van der Waals surface area contributed by atoms with E-state index in [2.05, 4.69) is 0 Å². The van der Waals surface area contributed by atoms with Gasteiger partial charge in [0.25, 0.3) is 0 Å². The number of hydrogen-bond donors (Lipinski definition) is 2. The number of ether oxygens (including phenoxy) is 1. The zero-order valence-corrected chi connectivity index (χ0v) is 9.68. The van der Waals surface area contributed by atoms with E-state index in [0.29, 0.717) is 17.9 Å². The van der Waals surface area contributed by atoms with Crippen LogP contribution in [0.15, 0.2) is 12.3 Å². The first-order chi connectivity index (χ1) is 8.04. The van der Waals surface area contributed by atoms with Crippen molar-refractivity contribution in [1.29, 1.82) is 0 Å². The molecule has 0 aliphatic heterocycles. The lowest BCUT2D eigenvalue weighted by molar-refractivity contribution is -0.137. The minimum absolute atomic E-state index is 0.134. The summed E-state index contributed by atoms with van der Waals surface area (Å²) in [6.07, 6.45) is 2.33. The number of nitrogens with zero attached hydrogens (tertiary/aromatic N) is 1. The van der Waals surface area contributed by atoms with Gasteiger partial charge < -0.3 is 20.1 Å². The second-order valence-electron chi connectivity index (χ2n) is 3.63. The average Bonchev–Trinajstić information content (AvgIpc) is 2.59. The van der Waals surface area contributed by atoms with E-state index in [1.165, 1.54) is 6.07 Å². The van der Waals surface area contributed by atoms with Crippen molar-refractivity contribution < 1.29 is 19.4 Å². The summed E-state index contributed by atoms with van der Waals surface area (Å²) >= 11 is 0. The number of aryl methyl sites for hydroxylation is 1. The summed E-state index contributed by atoms with van der Waals surface area (Å²) in [6, 6.07) is 1.53. The molecule has 17 heavy (non-hydrogen) atoms. The zero-order chi connectivity index (χ0) is 12.8. The predicted octanol–water partition coefficient (Wildman–Crippen LogP) is 1.11. The molecule has 6 nitrogen and oxygen atoms in total. The summed E-state index contributed by atoms with van der Waals surface area (Å²) in [5, 5.41) is 8.42. The first-order valence-electron chi connectivity index (χ1n) is 5.39. The molecule has 0 saturated heterocycles. The van der Waals surface area contributed by atoms with Crippen LogP contribution in [0, 0.1) is 0 Å². The Balaban J connectivity index is 2.64. The van der Waals surface area contributed by atoms with Gasteiger partial charge in [-0.1, -0.05) is 6.92 Å². The molecular formula is C11H16N2O4. The fourth-order valence-corrected chi connectivity index (χ4v) is 1.43. The van der Waals surface area contributed by atoms with Crippen LogP contribution in [0.5, 0.6) is 0 Å². The highest BCUT2D eigenvalue weighted by Crippen LogP contribution is 2.12. The molecule has 0 saturated carbocycles. The van der Waals surface area contributed by atoms with Crippen LogP contribution >= 0.6 is 0 Å². The molecular weight excluding hydrogens is 224 g/mol. The molecule has 0 atom stereocenters. The van der Waals surface area contributed by atoms with Crippen molar-refractivity contribution in [2.24, 2.45) is 0 Å². The summed E-state index contributed by atoms with van der Waals surface area (Å²) in [5.41, 5.74) is 6.45. The molecule has 1 heterocycles. The van der Waals surface area contributed by atoms with E-state index in [9.17, 15) is 9.59 Å². The number of hydrogen-bond acceptors (Lipinski definition) is 4. The van der Waals surface area contributed by atoms with E-state index in [4.69, 9.17) is 15.6 Å². The van der Waals surface area contributed by atoms with Crippen molar-refractivity contribution in [2.45, 2.75) is 26.3 Å². The number of aromatic nitrogens is 1. The topological polar surface area (TPSA) is 94.5 Å². The van der Waals surface area contributed by atoms with Crippen molar-refractivity contribution in [1.82, 2.24) is 4.57 Å². The number of aliphatic carboxylic acids is 1. The molecule has 0 unspecified atom stereocenters. The summed E-state index contributed by atoms with van der Waals surface area (Å²) < 4.78 is 6.55. The number of carboxylic acids is 1. The van der Waals surface area contributed by atoms with E-state index < -0.39 is 11.9 Å². The smallest absolute Gasteiger partial charge is 0.355 e. The maximum Gasteiger partial charge on any atom is 0.355 e. The first kappa shape index (κ1) is 13.1. The number of rotatable bonds is 6. The third-order valence-corrected chi connectivity index (χ3v) is 2.14. The number of carboxylic acid groups (broad SMARTS) is 1. The van der Waals surface area contributed by atoms with E-state index in [1.807, 2.05) is 6.92 Å². The van der Waals surface area contributed by atoms with Crippen LogP contribution in [0.3, 0.4) is 0 Å². The van der Waals surface area contributed by atoms with E-state index in [0.717, 1.165) is 6.42 Å². The van der Waals surface area contributed by atoms with Crippen LogP contribution in [-0.4, -0.2) is 28.2 Å². The highest BCUT2D eigenvalue weighted by Gasteiger charge is 2.14. The second-order valence-corrected chi connectivity index (χ2v) is 3.63. The normalized spacial score (nSPS) is 10.2. The quantitative estimate of drug-likeness (QED) is 0.726. The van der Waals surface area contributed by atoms with Crippen molar-refractivity contribution in [2.75, 3.05) is 12.3 Å².